The second kappa shape index (κ2) is 9.08. The van der Waals surface area contributed by atoms with E-state index in [0.29, 0.717) is 6.42 Å². The largest absolute Gasteiger partial charge is 0.417 e. The summed E-state index contributed by atoms with van der Waals surface area (Å²) in [5.74, 6) is -0.801. The Labute approximate surface area is 172 Å². The lowest BCUT2D eigenvalue weighted by atomic mass is 9.64. The maximum absolute atomic E-state index is 13.6. The van der Waals surface area contributed by atoms with Crippen LogP contribution in [-0.4, -0.2) is 20.2 Å². The van der Waals surface area contributed by atoms with Crippen LogP contribution in [0, 0.1) is 0 Å². The summed E-state index contributed by atoms with van der Waals surface area (Å²) in [7, 11) is -1.14. The van der Waals surface area contributed by atoms with Crippen LogP contribution in [0.2, 0.25) is 0 Å². The molecule has 1 heterocycles. The molecular formula is C23H27O5P. The molecule has 2 aromatic carbocycles. The monoisotopic (exact) mass is 414 g/mol. The zero-order valence-electron chi connectivity index (χ0n) is 17.0. The molecule has 0 bridgehead atoms. The van der Waals surface area contributed by atoms with E-state index in [0.717, 1.165) is 24.0 Å². The summed E-state index contributed by atoms with van der Waals surface area (Å²) in [6, 6.07) is 19.4. The number of carbonyl (C=O) groups is 1. The average Bonchev–Trinajstić information content (AvgIpc) is 2.78. The van der Waals surface area contributed by atoms with Crippen molar-refractivity contribution in [3.63, 3.8) is 0 Å². The molecule has 6 heteroatoms. The van der Waals surface area contributed by atoms with Crippen molar-refractivity contribution < 1.29 is 23.1 Å². The van der Waals surface area contributed by atoms with Gasteiger partial charge in [0.15, 0.2) is 0 Å². The molecule has 2 aromatic rings. The van der Waals surface area contributed by atoms with Crippen molar-refractivity contribution in [2.45, 2.75) is 37.5 Å². The van der Waals surface area contributed by atoms with E-state index in [9.17, 15) is 9.36 Å². The minimum Gasteiger partial charge on any atom is -0.417 e. The lowest BCUT2D eigenvalue weighted by Gasteiger charge is -2.41. The fraction of sp³-hybridized carbons (Fsp3) is 0.348. The molecule has 29 heavy (non-hydrogen) atoms. The summed E-state index contributed by atoms with van der Waals surface area (Å²) in [6.45, 7) is 2.09. The van der Waals surface area contributed by atoms with Crippen LogP contribution in [0.5, 0.6) is 0 Å². The number of hydrogen-bond donors (Lipinski definition) is 0. The zero-order valence-corrected chi connectivity index (χ0v) is 17.9. The first-order valence-corrected chi connectivity index (χ1v) is 11.3. The van der Waals surface area contributed by atoms with Crippen LogP contribution in [0.4, 0.5) is 0 Å². The molecule has 154 valence electrons. The standard InChI is InChI=1S/C23H27O5P/c1-4-5-16-23(19-14-10-7-11-15-19)20(18-12-8-6-9-13-18)17-21(28-22(23)24)29(25,26-2)27-3/h6-15,17,20H,4-5,16H2,1-3H3/t20-,23-/m0/s1. The summed E-state index contributed by atoms with van der Waals surface area (Å²) in [5, 5.41) is 0. The summed E-state index contributed by atoms with van der Waals surface area (Å²) in [5.41, 5.74) is 0.853. The van der Waals surface area contributed by atoms with Crippen LogP contribution in [-0.2, 0) is 28.6 Å². The van der Waals surface area contributed by atoms with Crippen molar-refractivity contribution in [2.24, 2.45) is 0 Å². The van der Waals surface area contributed by atoms with Crippen LogP contribution in [0.1, 0.15) is 43.2 Å². The summed E-state index contributed by atoms with van der Waals surface area (Å²) < 4.78 is 28.9. The minimum absolute atomic E-state index is 0.0515. The molecule has 0 aromatic heterocycles. The molecule has 0 saturated heterocycles. The number of benzene rings is 2. The number of esters is 1. The Morgan fingerprint density at radius 1 is 1.00 bits per heavy atom. The van der Waals surface area contributed by atoms with E-state index < -0.39 is 19.0 Å². The highest BCUT2D eigenvalue weighted by Gasteiger charge is 2.53. The quantitative estimate of drug-likeness (QED) is 0.405. The fourth-order valence-corrected chi connectivity index (χ4v) is 5.00. The molecule has 5 nitrogen and oxygen atoms in total. The maximum Gasteiger partial charge on any atom is 0.395 e. The predicted octanol–water partition coefficient (Wildman–Crippen LogP) is 5.78. The third-order valence-corrected chi connectivity index (χ3v) is 7.27. The molecule has 0 aliphatic carbocycles. The van der Waals surface area contributed by atoms with Gasteiger partial charge in [0, 0.05) is 20.1 Å². The van der Waals surface area contributed by atoms with Crippen molar-refractivity contribution in [3.8, 4) is 0 Å². The topological polar surface area (TPSA) is 61.8 Å². The average molecular weight is 414 g/mol. The first kappa shape index (κ1) is 21.5. The fourth-order valence-electron chi connectivity index (χ4n) is 3.97. The van der Waals surface area contributed by atoms with Crippen molar-refractivity contribution >= 4 is 13.6 Å². The van der Waals surface area contributed by atoms with Crippen LogP contribution in [0.25, 0.3) is 0 Å². The Hall–Kier alpha value is -2.20. The van der Waals surface area contributed by atoms with E-state index in [-0.39, 0.29) is 11.4 Å². The van der Waals surface area contributed by atoms with Crippen molar-refractivity contribution in [3.05, 3.63) is 83.4 Å². The Bertz CT molecular complexity index is 901. The molecule has 0 unspecified atom stereocenters. The third-order valence-electron chi connectivity index (χ3n) is 5.52. The van der Waals surface area contributed by atoms with Gasteiger partial charge in [0.2, 0.25) is 5.50 Å². The maximum atomic E-state index is 13.6. The van der Waals surface area contributed by atoms with E-state index in [1.54, 1.807) is 6.08 Å². The van der Waals surface area contributed by atoms with Gasteiger partial charge < -0.3 is 13.8 Å². The number of ether oxygens (including phenoxy) is 1. The molecule has 0 N–H and O–H groups in total. The van der Waals surface area contributed by atoms with Gasteiger partial charge in [-0.1, -0.05) is 80.4 Å². The van der Waals surface area contributed by atoms with Gasteiger partial charge in [-0.15, -0.1) is 0 Å². The second-order valence-corrected chi connectivity index (χ2v) is 9.25. The molecule has 0 saturated carbocycles. The summed E-state index contributed by atoms with van der Waals surface area (Å²) >= 11 is 0. The van der Waals surface area contributed by atoms with Crippen molar-refractivity contribution in [1.29, 1.82) is 0 Å². The molecule has 2 atom stereocenters. The normalized spacial score (nSPS) is 22.1. The Kier molecular flexibility index (Phi) is 6.74. The lowest BCUT2D eigenvalue weighted by Crippen LogP contribution is -2.45. The summed E-state index contributed by atoms with van der Waals surface area (Å²) in [4.78, 5) is 13.6. The van der Waals surface area contributed by atoms with Crippen LogP contribution in [0.15, 0.2) is 72.2 Å². The number of cyclic esters (lactones) is 1. The molecule has 0 amide bonds. The number of unbranched alkanes of at least 4 members (excludes halogenated alkanes) is 1. The molecule has 0 spiro atoms. The highest BCUT2D eigenvalue weighted by Crippen LogP contribution is 2.60. The second-order valence-electron chi connectivity index (χ2n) is 7.09. The van der Waals surface area contributed by atoms with Gasteiger partial charge in [-0.05, 0) is 23.6 Å². The van der Waals surface area contributed by atoms with Gasteiger partial charge in [-0.3, -0.25) is 9.36 Å². The molecular weight excluding hydrogens is 387 g/mol. The highest BCUT2D eigenvalue weighted by molar-refractivity contribution is 7.58. The van der Waals surface area contributed by atoms with E-state index in [1.165, 1.54) is 14.2 Å². The number of hydrogen-bond acceptors (Lipinski definition) is 5. The molecule has 1 aliphatic heterocycles. The Morgan fingerprint density at radius 3 is 2.14 bits per heavy atom. The SMILES string of the molecule is CCCC[C@@]1(c2ccccc2)C(=O)OC(P(=O)(OC)OC)=C[C@H]1c1ccccc1. The van der Waals surface area contributed by atoms with Crippen molar-refractivity contribution in [2.75, 3.05) is 14.2 Å². The molecule has 0 fully saturated rings. The molecule has 3 rings (SSSR count). The van der Waals surface area contributed by atoms with E-state index in [2.05, 4.69) is 6.92 Å². The van der Waals surface area contributed by atoms with Gasteiger partial charge in [-0.25, -0.2) is 0 Å². The van der Waals surface area contributed by atoms with E-state index >= 15 is 0 Å². The Morgan fingerprint density at radius 2 is 1.59 bits per heavy atom. The van der Waals surface area contributed by atoms with Gasteiger partial charge in [0.05, 0.1) is 0 Å². The van der Waals surface area contributed by atoms with Gasteiger partial charge in [0.1, 0.15) is 5.41 Å². The number of rotatable bonds is 8. The number of allylic oxidation sites excluding steroid dienone is 1. The van der Waals surface area contributed by atoms with Gasteiger partial charge >= 0.3 is 13.6 Å². The first-order valence-electron chi connectivity index (χ1n) is 9.78. The lowest BCUT2D eigenvalue weighted by molar-refractivity contribution is -0.148. The van der Waals surface area contributed by atoms with E-state index in [4.69, 9.17) is 13.8 Å². The van der Waals surface area contributed by atoms with Crippen LogP contribution >= 0.6 is 7.60 Å². The van der Waals surface area contributed by atoms with E-state index in [1.807, 2.05) is 60.7 Å². The molecule has 0 radical (unpaired) electrons. The minimum atomic E-state index is -3.71. The van der Waals surface area contributed by atoms with Crippen molar-refractivity contribution in [1.82, 2.24) is 0 Å². The van der Waals surface area contributed by atoms with Crippen LogP contribution in [0.3, 0.4) is 0 Å². The predicted molar refractivity (Wildman–Crippen MR) is 113 cm³/mol. The third kappa shape index (κ3) is 3.95. The zero-order chi connectivity index (χ0) is 20.9. The first-order chi connectivity index (χ1) is 14.0. The smallest absolute Gasteiger partial charge is 0.395 e. The molecule has 1 aliphatic rings. The van der Waals surface area contributed by atoms with Gasteiger partial charge in [0.25, 0.3) is 0 Å². The summed E-state index contributed by atoms with van der Waals surface area (Å²) in [6.07, 6.45) is 4.14. The van der Waals surface area contributed by atoms with Crippen LogP contribution < -0.4 is 0 Å². The number of carbonyl (C=O) groups excluding carboxylic acids is 1. The van der Waals surface area contributed by atoms with Gasteiger partial charge in [-0.2, -0.15) is 0 Å². The highest BCUT2D eigenvalue weighted by atomic mass is 31.2. The Balaban J connectivity index is 2.26.